The summed E-state index contributed by atoms with van der Waals surface area (Å²) in [6, 6.07) is 7.15. The summed E-state index contributed by atoms with van der Waals surface area (Å²) in [6.45, 7) is 0.419. The van der Waals surface area contributed by atoms with Crippen molar-refractivity contribution >= 4 is 27.6 Å². The molecule has 1 aliphatic heterocycles. The molecule has 18 heavy (non-hydrogen) atoms. The monoisotopic (exact) mass is 265 g/mol. The quantitative estimate of drug-likeness (QED) is 0.887. The van der Waals surface area contributed by atoms with E-state index in [-0.39, 0.29) is 12.2 Å². The molecule has 0 radical (unpaired) electrons. The van der Waals surface area contributed by atoms with Crippen LogP contribution >= 0.6 is 11.5 Å². The fraction of sp³-hybridized carbons (Fsp3) is 0.333. The number of carbonyl (C=O) groups is 1. The molecule has 1 aliphatic rings. The zero-order chi connectivity index (χ0) is 12.8. The molecule has 2 aromatic rings. The van der Waals surface area contributed by atoms with Gasteiger partial charge in [-0.1, -0.05) is 23.7 Å². The molecule has 1 atom stereocenters. The molecule has 6 heteroatoms. The fourth-order valence-electron chi connectivity index (χ4n) is 2.22. The van der Waals surface area contributed by atoms with Gasteiger partial charge in [0.15, 0.2) is 5.54 Å². The summed E-state index contributed by atoms with van der Waals surface area (Å²) in [5.74, 6) is -1.01. The van der Waals surface area contributed by atoms with Crippen LogP contribution in [0.1, 0.15) is 6.42 Å². The van der Waals surface area contributed by atoms with E-state index in [4.69, 9.17) is 4.74 Å². The first-order chi connectivity index (χ1) is 8.65. The number of benzene rings is 1. The van der Waals surface area contributed by atoms with Crippen molar-refractivity contribution in [2.45, 2.75) is 12.0 Å². The number of nitrogens with zero attached hydrogens (tertiary/aromatic N) is 1. The van der Waals surface area contributed by atoms with Gasteiger partial charge in [-0.25, -0.2) is 8.75 Å². The zero-order valence-electron chi connectivity index (χ0n) is 9.46. The number of aromatic nitrogens is 1. The van der Waals surface area contributed by atoms with Gasteiger partial charge in [0.1, 0.15) is 0 Å². The van der Waals surface area contributed by atoms with Crippen molar-refractivity contribution in [2.24, 2.45) is 0 Å². The van der Waals surface area contributed by atoms with Gasteiger partial charge in [-0.05, 0) is 12.1 Å². The topological polar surface area (TPSA) is 68.5 Å². The first-order valence-corrected chi connectivity index (χ1v) is 6.35. The van der Waals surface area contributed by atoms with Gasteiger partial charge in [-0.15, -0.1) is 0 Å². The molecule has 1 unspecified atom stereocenters. The smallest absolute Gasteiger partial charge is 0.333 e. The number of hydrogen-bond donors (Lipinski definition) is 1. The van der Waals surface area contributed by atoms with Crippen LogP contribution in [0.5, 0.6) is 0 Å². The molecule has 0 bridgehead atoms. The minimum atomic E-state index is -1.24. The van der Waals surface area contributed by atoms with Gasteiger partial charge in [0.25, 0.3) is 5.56 Å². The van der Waals surface area contributed by atoms with Crippen molar-refractivity contribution in [2.75, 3.05) is 13.2 Å². The van der Waals surface area contributed by atoms with E-state index in [0.29, 0.717) is 18.4 Å². The molecule has 94 valence electrons. The maximum Gasteiger partial charge on any atom is 0.333 e. The van der Waals surface area contributed by atoms with Crippen molar-refractivity contribution in [1.29, 1.82) is 0 Å². The number of aliphatic carboxylic acids is 1. The van der Waals surface area contributed by atoms with Crippen molar-refractivity contribution < 1.29 is 14.6 Å². The molecule has 0 spiro atoms. The number of rotatable bonds is 2. The zero-order valence-corrected chi connectivity index (χ0v) is 10.3. The van der Waals surface area contributed by atoms with Crippen molar-refractivity contribution in [1.82, 2.24) is 3.96 Å². The second kappa shape index (κ2) is 3.93. The summed E-state index contributed by atoms with van der Waals surface area (Å²) in [7, 11) is 0. The van der Waals surface area contributed by atoms with E-state index in [0.717, 1.165) is 4.70 Å². The molecule has 1 N–H and O–H groups in total. The Hall–Kier alpha value is -1.66. The lowest BCUT2D eigenvalue weighted by molar-refractivity contribution is -0.147. The Bertz CT molecular complexity index is 666. The van der Waals surface area contributed by atoms with Gasteiger partial charge in [-0.3, -0.25) is 4.79 Å². The third kappa shape index (κ3) is 1.42. The Morgan fingerprint density at radius 2 is 2.22 bits per heavy atom. The molecular weight excluding hydrogens is 254 g/mol. The van der Waals surface area contributed by atoms with Crippen LogP contribution in [0.3, 0.4) is 0 Å². The van der Waals surface area contributed by atoms with E-state index >= 15 is 0 Å². The normalized spacial score (nSPS) is 23.6. The predicted molar refractivity (Wildman–Crippen MR) is 67.1 cm³/mol. The average molecular weight is 265 g/mol. The third-order valence-electron chi connectivity index (χ3n) is 3.28. The fourth-order valence-corrected chi connectivity index (χ4v) is 3.39. The van der Waals surface area contributed by atoms with Gasteiger partial charge < -0.3 is 9.84 Å². The number of carboxylic acid groups (broad SMARTS) is 1. The summed E-state index contributed by atoms with van der Waals surface area (Å²) in [5, 5.41) is 10.00. The first kappa shape index (κ1) is 11.4. The highest BCUT2D eigenvalue weighted by molar-refractivity contribution is 7.14. The van der Waals surface area contributed by atoms with Gasteiger partial charge in [0.2, 0.25) is 0 Å². The lowest BCUT2D eigenvalue weighted by Gasteiger charge is -2.21. The molecule has 1 saturated heterocycles. The molecule has 0 saturated carbocycles. The standard InChI is InChI=1S/C12H11NO4S/c14-10-8-3-1-2-4-9(8)18-13(10)12(11(15)16)5-6-17-7-12/h1-4H,5-7H2,(H,15,16). The lowest BCUT2D eigenvalue weighted by Crippen LogP contribution is -2.45. The number of hydrogen-bond acceptors (Lipinski definition) is 4. The Morgan fingerprint density at radius 3 is 2.83 bits per heavy atom. The minimum Gasteiger partial charge on any atom is -0.479 e. The van der Waals surface area contributed by atoms with E-state index in [1.807, 2.05) is 12.1 Å². The van der Waals surface area contributed by atoms with Crippen LogP contribution in [0, 0.1) is 0 Å². The van der Waals surface area contributed by atoms with Crippen molar-refractivity contribution in [3.05, 3.63) is 34.6 Å². The van der Waals surface area contributed by atoms with E-state index in [1.165, 1.54) is 15.5 Å². The number of fused-ring (bicyclic) bond motifs is 1. The van der Waals surface area contributed by atoms with E-state index in [9.17, 15) is 14.7 Å². The maximum atomic E-state index is 12.3. The van der Waals surface area contributed by atoms with Gasteiger partial charge in [0.05, 0.1) is 16.7 Å². The largest absolute Gasteiger partial charge is 0.479 e. The molecule has 0 aliphatic carbocycles. The summed E-state index contributed by atoms with van der Waals surface area (Å²) in [4.78, 5) is 23.8. The Balaban J connectivity index is 2.28. The number of ether oxygens (including phenoxy) is 1. The lowest BCUT2D eigenvalue weighted by atomic mass is 10.00. The predicted octanol–water partition coefficient (Wildman–Crippen LogP) is 1.26. The van der Waals surface area contributed by atoms with Gasteiger partial charge >= 0.3 is 5.97 Å². The van der Waals surface area contributed by atoms with Crippen molar-refractivity contribution in [3.8, 4) is 0 Å². The summed E-state index contributed by atoms with van der Waals surface area (Å²) < 4.78 is 7.35. The van der Waals surface area contributed by atoms with Crippen LogP contribution in [0.15, 0.2) is 29.1 Å². The van der Waals surface area contributed by atoms with Crippen LogP contribution in [-0.2, 0) is 15.1 Å². The molecule has 3 rings (SSSR count). The Kier molecular flexibility index (Phi) is 2.49. The summed E-state index contributed by atoms with van der Waals surface area (Å²) in [6.07, 6.45) is 0.328. The van der Waals surface area contributed by atoms with Gasteiger partial charge in [-0.2, -0.15) is 0 Å². The second-order valence-corrected chi connectivity index (χ2v) is 5.31. The van der Waals surface area contributed by atoms with Crippen LogP contribution in [0.2, 0.25) is 0 Å². The maximum absolute atomic E-state index is 12.3. The molecular formula is C12H11NO4S. The highest BCUT2D eigenvalue weighted by Gasteiger charge is 2.46. The summed E-state index contributed by atoms with van der Waals surface area (Å²) in [5.41, 5.74) is -1.48. The van der Waals surface area contributed by atoms with Crippen LogP contribution in [-0.4, -0.2) is 28.2 Å². The first-order valence-electron chi connectivity index (χ1n) is 5.58. The Morgan fingerprint density at radius 1 is 1.44 bits per heavy atom. The van der Waals surface area contributed by atoms with E-state index in [2.05, 4.69) is 0 Å². The van der Waals surface area contributed by atoms with Crippen molar-refractivity contribution in [3.63, 3.8) is 0 Å². The van der Waals surface area contributed by atoms with Crippen LogP contribution in [0.4, 0.5) is 0 Å². The Labute approximate surface area is 106 Å². The molecule has 1 aromatic heterocycles. The highest BCUT2D eigenvalue weighted by Crippen LogP contribution is 2.31. The third-order valence-corrected chi connectivity index (χ3v) is 4.53. The SMILES string of the molecule is O=C(O)C1(n2sc3ccccc3c2=O)CCOC1. The highest BCUT2D eigenvalue weighted by atomic mass is 32.1. The van der Waals surface area contributed by atoms with E-state index < -0.39 is 11.5 Å². The van der Waals surface area contributed by atoms with E-state index in [1.54, 1.807) is 12.1 Å². The summed E-state index contributed by atoms with van der Waals surface area (Å²) >= 11 is 1.19. The van der Waals surface area contributed by atoms with Crippen LogP contribution < -0.4 is 5.56 Å². The molecule has 5 nitrogen and oxygen atoms in total. The van der Waals surface area contributed by atoms with Gasteiger partial charge in [0, 0.05) is 13.0 Å². The minimum absolute atomic E-state index is 0.0507. The molecule has 0 amide bonds. The number of carboxylic acids is 1. The van der Waals surface area contributed by atoms with Crippen LogP contribution in [0.25, 0.3) is 10.1 Å². The molecule has 2 heterocycles. The molecule has 1 aromatic carbocycles. The average Bonchev–Trinajstić information content (AvgIpc) is 2.96. The second-order valence-electron chi connectivity index (χ2n) is 4.33. The molecule has 1 fully saturated rings.